The molecule has 1 aliphatic heterocycles. The van der Waals surface area contributed by atoms with Gasteiger partial charge in [-0.05, 0) is 30.7 Å². The third-order valence-corrected chi connectivity index (χ3v) is 5.44. The Kier molecular flexibility index (Phi) is 5.48. The van der Waals surface area contributed by atoms with Crippen LogP contribution >= 0.6 is 11.6 Å². The van der Waals surface area contributed by atoms with Crippen LogP contribution in [0.2, 0.25) is 5.02 Å². The van der Waals surface area contributed by atoms with E-state index in [9.17, 15) is 18.0 Å². The fourth-order valence-corrected chi connectivity index (χ4v) is 4.02. The van der Waals surface area contributed by atoms with E-state index in [2.05, 4.69) is 10.6 Å². The number of rotatable bonds is 4. The van der Waals surface area contributed by atoms with E-state index in [0.717, 1.165) is 0 Å². The predicted molar refractivity (Wildman–Crippen MR) is 88.3 cm³/mol. The SMILES string of the molecule is CN(CC(=O)N[C@@H]1CCS(=O)(=O)C1)C(=O)Nc1ccc(Cl)cc1. The van der Waals surface area contributed by atoms with E-state index in [1.807, 2.05) is 0 Å². The minimum Gasteiger partial charge on any atom is -0.351 e. The fraction of sp³-hybridized carbons (Fsp3) is 0.429. The highest BCUT2D eigenvalue weighted by molar-refractivity contribution is 7.91. The molecule has 2 N–H and O–H groups in total. The Balaban J connectivity index is 1.81. The maximum Gasteiger partial charge on any atom is 0.322 e. The normalized spacial score (nSPS) is 19.1. The number of anilines is 1. The lowest BCUT2D eigenvalue weighted by molar-refractivity contribution is -0.121. The van der Waals surface area contributed by atoms with Gasteiger partial charge in [0.1, 0.15) is 6.54 Å². The summed E-state index contributed by atoms with van der Waals surface area (Å²) in [5, 5.41) is 5.83. The first-order valence-corrected chi connectivity index (χ1v) is 9.22. The summed E-state index contributed by atoms with van der Waals surface area (Å²) in [6, 6.07) is 5.77. The molecule has 0 spiro atoms. The first-order chi connectivity index (χ1) is 10.7. The van der Waals surface area contributed by atoms with Crippen LogP contribution in [0.3, 0.4) is 0 Å². The molecule has 0 bridgehead atoms. The summed E-state index contributed by atoms with van der Waals surface area (Å²) in [5.74, 6) is -0.342. The average Bonchev–Trinajstić information content (AvgIpc) is 2.80. The van der Waals surface area contributed by atoms with Gasteiger partial charge in [0, 0.05) is 23.8 Å². The van der Waals surface area contributed by atoms with Crippen molar-refractivity contribution in [1.82, 2.24) is 10.2 Å². The zero-order valence-corrected chi connectivity index (χ0v) is 14.2. The van der Waals surface area contributed by atoms with E-state index in [1.54, 1.807) is 24.3 Å². The molecule has 7 nitrogen and oxygen atoms in total. The summed E-state index contributed by atoms with van der Waals surface area (Å²) in [7, 11) is -1.57. The molecule has 0 aromatic heterocycles. The first-order valence-electron chi connectivity index (χ1n) is 7.03. The number of carbonyl (C=O) groups excluding carboxylic acids is 2. The van der Waals surface area contributed by atoms with Gasteiger partial charge in [-0.15, -0.1) is 0 Å². The highest BCUT2D eigenvalue weighted by Crippen LogP contribution is 2.14. The molecule has 1 fully saturated rings. The number of amides is 3. The molecule has 1 saturated heterocycles. The monoisotopic (exact) mass is 359 g/mol. The van der Waals surface area contributed by atoms with Crippen molar-refractivity contribution in [2.75, 3.05) is 30.4 Å². The van der Waals surface area contributed by atoms with Crippen molar-refractivity contribution in [3.8, 4) is 0 Å². The van der Waals surface area contributed by atoms with E-state index < -0.39 is 15.9 Å². The number of halogens is 1. The number of likely N-dealkylation sites (N-methyl/N-ethyl adjacent to an activating group) is 1. The number of carbonyl (C=O) groups is 2. The van der Waals surface area contributed by atoms with Crippen LogP contribution in [0.5, 0.6) is 0 Å². The molecule has 1 aromatic carbocycles. The minimum absolute atomic E-state index is 0.0422. The highest BCUT2D eigenvalue weighted by Gasteiger charge is 2.29. The Labute approximate surface area is 139 Å². The third-order valence-electron chi connectivity index (χ3n) is 3.42. The van der Waals surface area contributed by atoms with Crippen molar-refractivity contribution in [1.29, 1.82) is 0 Å². The van der Waals surface area contributed by atoms with Gasteiger partial charge in [-0.1, -0.05) is 11.6 Å². The van der Waals surface area contributed by atoms with Crippen LogP contribution in [0.1, 0.15) is 6.42 Å². The molecule has 126 valence electrons. The topological polar surface area (TPSA) is 95.6 Å². The number of benzene rings is 1. The van der Waals surface area contributed by atoms with E-state index >= 15 is 0 Å². The van der Waals surface area contributed by atoms with Gasteiger partial charge in [-0.3, -0.25) is 4.79 Å². The van der Waals surface area contributed by atoms with Gasteiger partial charge in [0.25, 0.3) is 0 Å². The van der Waals surface area contributed by atoms with Gasteiger partial charge in [-0.2, -0.15) is 0 Å². The average molecular weight is 360 g/mol. The molecule has 0 aliphatic carbocycles. The standard InChI is InChI=1S/C14H18ClN3O4S/c1-18(14(20)17-11-4-2-10(15)3-5-11)8-13(19)16-12-6-7-23(21,22)9-12/h2-5,12H,6-9H2,1H3,(H,16,19)(H,17,20)/t12-/m1/s1. The van der Waals surface area contributed by atoms with Gasteiger partial charge in [0.2, 0.25) is 5.91 Å². The van der Waals surface area contributed by atoms with Crippen LogP contribution < -0.4 is 10.6 Å². The minimum atomic E-state index is -3.05. The predicted octanol–water partition coefficient (Wildman–Crippen LogP) is 1.11. The number of nitrogens with one attached hydrogen (secondary N) is 2. The smallest absolute Gasteiger partial charge is 0.322 e. The number of hydrogen-bond acceptors (Lipinski definition) is 4. The van der Waals surface area contributed by atoms with Crippen molar-refractivity contribution in [3.63, 3.8) is 0 Å². The van der Waals surface area contributed by atoms with Crippen molar-refractivity contribution < 1.29 is 18.0 Å². The molecule has 3 amide bonds. The molecule has 1 heterocycles. The maximum atomic E-state index is 12.0. The Morgan fingerprint density at radius 2 is 1.96 bits per heavy atom. The van der Waals surface area contributed by atoms with Crippen molar-refractivity contribution in [2.24, 2.45) is 0 Å². The fourth-order valence-electron chi connectivity index (χ4n) is 2.22. The van der Waals surface area contributed by atoms with Crippen LogP contribution in [-0.2, 0) is 14.6 Å². The largest absolute Gasteiger partial charge is 0.351 e. The van der Waals surface area contributed by atoms with Crippen LogP contribution in [0.15, 0.2) is 24.3 Å². The van der Waals surface area contributed by atoms with Crippen molar-refractivity contribution in [2.45, 2.75) is 12.5 Å². The molecule has 23 heavy (non-hydrogen) atoms. The van der Waals surface area contributed by atoms with Gasteiger partial charge in [0.05, 0.1) is 11.5 Å². The lowest BCUT2D eigenvalue weighted by atomic mass is 10.2. The quantitative estimate of drug-likeness (QED) is 0.841. The van der Waals surface area contributed by atoms with Crippen LogP contribution in [0.4, 0.5) is 10.5 Å². The van der Waals surface area contributed by atoms with E-state index in [-0.39, 0.29) is 30.0 Å². The molecular formula is C14H18ClN3O4S. The molecule has 2 rings (SSSR count). The summed E-state index contributed by atoms with van der Waals surface area (Å²) in [5.41, 5.74) is 0.563. The maximum absolute atomic E-state index is 12.0. The zero-order valence-electron chi connectivity index (χ0n) is 12.6. The Morgan fingerprint density at radius 3 is 2.52 bits per heavy atom. The van der Waals surface area contributed by atoms with Crippen LogP contribution in [0.25, 0.3) is 0 Å². The summed E-state index contributed by atoms with van der Waals surface area (Å²) in [6.07, 6.45) is 0.411. The zero-order chi connectivity index (χ0) is 17.0. The third kappa shape index (κ3) is 5.40. The highest BCUT2D eigenvalue weighted by atomic mass is 35.5. The Hall–Kier alpha value is -1.80. The molecule has 9 heteroatoms. The summed E-state index contributed by atoms with van der Waals surface area (Å²) < 4.78 is 22.7. The Morgan fingerprint density at radius 1 is 1.30 bits per heavy atom. The second-order valence-corrected chi connectivity index (χ2v) is 8.13. The number of nitrogens with zero attached hydrogens (tertiary/aromatic N) is 1. The lowest BCUT2D eigenvalue weighted by Crippen LogP contribution is -2.44. The Bertz CT molecular complexity index is 690. The lowest BCUT2D eigenvalue weighted by Gasteiger charge is -2.19. The van der Waals surface area contributed by atoms with E-state index in [0.29, 0.717) is 17.1 Å². The van der Waals surface area contributed by atoms with Crippen LogP contribution in [-0.4, -0.2) is 56.4 Å². The van der Waals surface area contributed by atoms with Gasteiger partial charge in [-0.25, -0.2) is 13.2 Å². The summed E-state index contributed by atoms with van der Waals surface area (Å²) in [4.78, 5) is 25.1. The van der Waals surface area contributed by atoms with Gasteiger partial charge < -0.3 is 15.5 Å². The molecule has 0 unspecified atom stereocenters. The van der Waals surface area contributed by atoms with Crippen LogP contribution in [0, 0.1) is 0 Å². The molecule has 0 saturated carbocycles. The van der Waals surface area contributed by atoms with Crippen molar-refractivity contribution >= 4 is 39.1 Å². The van der Waals surface area contributed by atoms with Gasteiger partial charge in [0.15, 0.2) is 9.84 Å². The molecule has 0 radical (unpaired) electrons. The van der Waals surface area contributed by atoms with E-state index in [4.69, 9.17) is 11.6 Å². The second-order valence-electron chi connectivity index (χ2n) is 5.46. The second kappa shape index (κ2) is 7.18. The number of hydrogen-bond donors (Lipinski definition) is 2. The molecule has 1 atom stereocenters. The molecule has 1 aromatic rings. The first kappa shape index (κ1) is 17.6. The number of sulfone groups is 1. The molecule has 1 aliphatic rings. The summed E-state index contributed by atoms with van der Waals surface area (Å²) >= 11 is 5.76. The van der Waals surface area contributed by atoms with Gasteiger partial charge >= 0.3 is 6.03 Å². The molecular weight excluding hydrogens is 342 g/mol. The van der Waals surface area contributed by atoms with E-state index in [1.165, 1.54) is 11.9 Å². The summed E-state index contributed by atoms with van der Waals surface area (Å²) in [6.45, 7) is -0.157. The number of urea groups is 1. The van der Waals surface area contributed by atoms with Crippen molar-refractivity contribution in [3.05, 3.63) is 29.3 Å².